The van der Waals surface area contributed by atoms with Crippen LogP contribution >= 0.6 is 40.4 Å². The second-order valence-electron chi connectivity index (χ2n) is 5.86. The summed E-state index contributed by atoms with van der Waals surface area (Å²) >= 11 is 5.37. The largest absolute Gasteiger partial charge is 0.329 e. The van der Waals surface area contributed by atoms with Gasteiger partial charge in [-0.3, -0.25) is 14.3 Å². The van der Waals surface area contributed by atoms with Crippen LogP contribution in [0.15, 0.2) is 24.3 Å². The molecule has 2 amide bonds. The normalized spacial score (nSPS) is 13.9. The third kappa shape index (κ3) is 1.90. The summed E-state index contributed by atoms with van der Waals surface area (Å²) in [7, 11) is 7.41. The number of nitrogens with zero attached hydrogens (tertiary/aromatic N) is 3. The fraction of sp³-hybridized carbons (Fsp3) is 0.0625. The minimum atomic E-state index is -0.345. The molecule has 6 nitrogen and oxygen atoms in total. The quantitative estimate of drug-likeness (QED) is 0.265. The molecule has 3 atom stereocenters. The van der Waals surface area contributed by atoms with E-state index < -0.39 is 0 Å². The van der Waals surface area contributed by atoms with Crippen LogP contribution in [-0.2, 0) is 0 Å². The zero-order chi connectivity index (χ0) is 17.6. The lowest BCUT2D eigenvalue weighted by molar-refractivity contribution is 0.0776. The molecule has 4 aromatic rings. The van der Waals surface area contributed by atoms with Gasteiger partial charge in [0.25, 0.3) is 11.8 Å². The molecule has 2 aromatic heterocycles. The third-order valence-electron chi connectivity index (χ3n) is 4.68. The summed E-state index contributed by atoms with van der Waals surface area (Å²) in [6.07, 6.45) is 0. The topological polar surface area (TPSA) is 63.0 Å². The highest BCUT2D eigenvalue weighted by atomic mass is 32.1. The Morgan fingerprint density at radius 3 is 2.31 bits per heavy atom. The van der Waals surface area contributed by atoms with E-state index in [-0.39, 0.29) is 19.2 Å². The van der Waals surface area contributed by atoms with E-state index in [1.807, 2.05) is 28.6 Å². The summed E-state index contributed by atoms with van der Waals surface area (Å²) in [5.74, 6) is -0.668. The zero-order valence-electron chi connectivity index (χ0n) is 12.6. The van der Waals surface area contributed by atoms with Gasteiger partial charge >= 0.3 is 0 Å². The Morgan fingerprint density at radius 1 is 0.923 bits per heavy atom. The minimum absolute atomic E-state index is 0. The van der Waals surface area contributed by atoms with Gasteiger partial charge in [-0.15, -0.1) is 0 Å². The second-order valence-corrected chi connectivity index (χ2v) is 7.80. The lowest BCUT2D eigenvalue weighted by Gasteiger charge is -2.05. The number of hydrogen-bond donors (Lipinski definition) is 1. The van der Waals surface area contributed by atoms with E-state index in [0.717, 1.165) is 32.0 Å². The fourth-order valence-corrected chi connectivity index (χ4v) is 4.88. The highest BCUT2D eigenvalue weighted by Crippen LogP contribution is 2.44. The van der Waals surface area contributed by atoms with Crippen LogP contribution in [0.4, 0.5) is 0 Å². The Balaban J connectivity index is 0.00000168. The van der Waals surface area contributed by atoms with Crippen LogP contribution in [0.2, 0.25) is 0 Å². The Bertz CT molecular complexity index is 1350. The van der Waals surface area contributed by atoms with Crippen LogP contribution in [0.5, 0.6) is 0 Å². The number of imide groups is 1. The van der Waals surface area contributed by atoms with Gasteiger partial charge in [0.2, 0.25) is 0 Å². The van der Waals surface area contributed by atoms with Crippen molar-refractivity contribution in [1.82, 2.24) is 18.3 Å². The smallest absolute Gasteiger partial charge is 0.266 e. The zero-order valence-corrected chi connectivity index (χ0v) is 16.9. The predicted molar refractivity (Wildman–Crippen MR) is 117 cm³/mol. The van der Waals surface area contributed by atoms with Gasteiger partial charge in [0.1, 0.15) is 0 Å². The Morgan fingerprint density at radius 2 is 1.58 bits per heavy atom. The number of H-pyrrole nitrogens is 1. The molecular weight excluding hydrogens is 405 g/mol. The number of benzene rings is 2. The number of carbonyl (C=O) groups excluding carboxylic acids is 2. The number of aromatic nitrogens is 3. The highest BCUT2D eigenvalue weighted by molar-refractivity contribution is 7.71. The van der Waals surface area contributed by atoms with Gasteiger partial charge < -0.3 is 13.7 Å². The van der Waals surface area contributed by atoms with Crippen LogP contribution in [-0.4, -0.2) is 30.1 Å². The first kappa shape index (κ1) is 17.8. The SMILES string of the molecule is C.O=C1c2c(c3c([nH]c(=S)n3P)c3c2c2ccccc2n3P)C(=O)N1P. The average Bonchev–Trinajstić information content (AvgIpc) is 3.15. The number of fused-ring (bicyclic) bond motifs is 8. The molecule has 2 aromatic carbocycles. The monoisotopic (exact) mass is 420 g/mol. The van der Waals surface area contributed by atoms with Gasteiger partial charge in [0.15, 0.2) is 4.77 Å². The first-order valence-electron chi connectivity index (χ1n) is 7.31. The van der Waals surface area contributed by atoms with E-state index in [1.165, 1.54) is 0 Å². The predicted octanol–water partition coefficient (Wildman–Crippen LogP) is 4.11. The molecule has 5 rings (SSSR count). The lowest BCUT2D eigenvalue weighted by atomic mass is 10.0. The maximum Gasteiger partial charge on any atom is 0.266 e. The molecule has 26 heavy (non-hydrogen) atoms. The number of hydrogen-bond acceptors (Lipinski definition) is 3. The molecule has 0 bridgehead atoms. The Hall–Kier alpha value is -1.64. The summed E-state index contributed by atoms with van der Waals surface area (Å²) in [5, 5.41) is 1.68. The average molecular weight is 420 g/mol. The van der Waals surface area contributed by atoms with Gasteiger partial charge in [-0.25, -0.2) is 0 Å². The van der Waals surface area contributed by atoms with E-state index in [4.69, 9.17) is 12.2 Å². The first-order valence-corrected chi connectivity index (χ1v) is 9.26. The van der Waals surface area contributed by atoms with Crippen molar-refractivity contribution < 1.29 is 9.59 Å². The maximum absolute atomic E-state index is 12.9. The number of para-hydroxylation sites is 1. The van der Waals surface area contributed by atoms with Crippen molar-refractivity contribution in [2.24, 2.45) is 0 Å². The van der Waals surface area contributed by atoms with E-state index >= 15 is 0 Å². The fourth-order valence-electron chi connectivity index (χ4n) is 3.63. The van der Waals surface area contributed by atoms with Crippen LogP contribution in [0.1, 0.15) is 28.1 Å². The van der Waals surface area contributed by atoms with E-state index in [1.54, 1.807) is 4.34 Å². The van der Waals surface area contributed by atoms with Crippen molar-refractivity contribution in [2.75, 3.05) is 0 Å². The molecule has 1 aliphatic heterocycles. The van der Waals surface area contributed by atoms with E-state index in [2.05, 4.69) is 33.2 Å². The standard InChI is InChI=1S/C15H11N4O2P3S.CH4/c20-13-8-7-5-3-1-2-4-6(5)17(22)11(7)10-12(18(23)15(25)16-10)9(8)14(21)19(13)24;/h1-4H,22-24H2,(H,16,25);1H4. The first-order chi connectivity index (χ1) is 11.9. The van der Waals surface area contributed by atoms with Crippen LogP contribution in [0.3, 0.4) is 0 Å². The number of imidazole rings is 1. The number of amides is 2. The number of rotatable bonds is 0. The summed E-state index contributed by atoms with van der Waals surface area (Å²) in [6.45, 7) is 0. The molecule has 10 heteroatoms. The van der Waals surface area contributed by atoms with Gasteiger partial charge in [-0.1, -0.05) is 25.6 Å². The van der Waals surface area contributed by atoms with Crippen molar-refractivity contribution >= 4 is 85.0 Å². The Labute approximate surface area is 160 Å². The molecule has 0 saturated heterocycles. The highest BCUT2D eigenvalue weighted by Gasteiger charge is 2.39. The molecule has 132 valence electrons. The molecule has 0 radical (unpaired) electrons. The Kier molecular flexibility index (Phi) is 3.88. The summed E-state index contributed by atoms with van der Waals surface area (Å²) in [5.41, 5.74) is 3.94. The van der Waals surface area contributed by atoms with Crippen LogP contribution in [0.25, 0.3) is 32.8 Å². The lowest BCUT2D eigenvalue weighted by Crippen LogP contribution is -2.17. The molecule has 0 saturated carbocycles. The molecule has 1 N–H and O–H groups in total. The number of carbonyl (C=O) groups is 2. The van der Waals surface area contributed by atoms with Crippen LogP contribution in [0, 0.1) is 4.77 Å². The van der Waals surface area contributed by atoms with E-state index in [0.29, 0.717) is 21.4 Å². The van der Waals surface area contributed by atoms with Crippen molar-refractivity contribution in [3.8, 4) is 0 Å². The van der Waals surface area contributed by atoms with Gasteiger partial charge in [-0.2, -0.15) is 0 Å². The van der Waals surface area contributed by atoms with Gasteiger partial charge in [0, 0.05) is 10.8 Å². The van der Waals surface area contributed by atoms with Crippen molar-refractivity contribution in [2.45, 2.75) is 7.43 Å². The molecule has 3 heterocycles. The summed E-state index contributed by atoms with van der Waals surface area (Å²) < 4.78 is 5.17. The second kappa shape index (κ2) is 5.68. The van der Waals surface area contributed by atoms with Gasteiger partial charge in [0.05, 0.1) is 33.2 Å². The van der Waals surface area contributed by atoms with Crippen molar-refractivity contribution in [3.05, 3.63) is 40.2 Å². The van der Waals surface area contributed by atoms with E-state index in [9.17, 15) is 9.59 Å². The minimum Gasteiger partial charge on any atom is -0.329 e. The third-order valence-corrected chi connectivity index (χ3v) is 6.69. The molecule has 0 spiro atoms. The summed E-state index contributed by atoms with van der Waals surface area (Å²) in [6, 6.07) is 7.80. The van der Waals surface area contributed by atoms with Crippen molar-refractivity contribution in [3.63, 3.8) is 0 Å². The molecule has 0 aliphatic carbocycles. The number of nitrogens with one attached hydrogen (secondary N) is 1. The maximum atomic E-state index is 12.9. The van der Waals surface area contributed by atoms with Crippen LogP contribution < -0.4 is 0 Å². The number of aromatic amines is 1. The van der Waals surface area contributed by atoms with Gasteiger partial charge in [-0.05, 0) is 46.5 Å². The molecule has 1 aliphatic rings. The molecule has 0 fully saturated rings. The van der Waals surface area contributed by atoms with Crippen molar-refractivity contribution in [1.29, 1.82) is 0 Å². The summed E-state index contributed by atoms with van der Waals surface area (Å²) in [4.78, 5) is 28.8. The molecule has 3 unspecified atom stereocenters. The molecular formula is C16H15N4O2P3S.